The van der Waals surface area contributed by atoms with Gasteiger partial charge in [-0.3, -0.25) is 0 Å². The molecule has 0 aliphatic carbocycles. The summed E-state index contributed by atoms with van der Waals surface area (Å²) in [5.74, 6) is 0.0446. The van der Waals surface area contributed by atoms with Gasteiger partial charge < -0.3 is 5.11 Å². The lowest BCUT2D eigenvalue weighted by molar-refractivity contribution is 0.477. The normalized spacial score (nSPS) is 11.3. The van der Waals surface area contributed by atoms with E-state index in [1.54, 1.807) is 36.4 Å². The molecule has 24 heavy (non-hydrogen) atoms. The van der Waals surface area contributed by atoms with Crippen LogP contribution in [0, 0.1) is 0 Å². The van der Waals surface area contributed by atoms with Crippen LogP contribution in [0.15, 0.2) is 83.8 Å². The van der Waals surface area contributed by atoms with Crippen LogP contribution in [0.4, 0.5) is 0 Å². The molecule has 0 aromatic heterocycles. The summed E-state index contributed by atoms with van der Waals surface area (Å²) in [6, 6.07) is 22.6. The molecular formula is C19H17NO3S. The molecule has 5 heteroatoms. The molecule has 0 fully saturated rings. The van der Waals surface area contributed by atoms with Gasteiger partial charge in [-0.2, -0.15) is 0 Å². The summed E-state index contributed by atoms with van der Waals surface area (Å²) in [6.07, 6.45) is 0. The van der Waals surface area contributed by atoms with E-state index in [-0.39, 0.29) is 17.2 Å². The molecule has 3 aromatic carbocycles. The second kappa shape index (κ2) is 6.86. The van der Waals surface area contributed by atoms with E-state index in [0.717, 1.165) is 5.56 Å². The smallest absolute Gasteiger partial charge is 0.241 e. The molecule has 0 bridgehead atoms. The highest BCUT2D eigenvalue weighted by atomic mass is 32.2. The first-order valence-electron chi connectivity index (χ1n) is 7.49. The molecule has 0 amide bonds. The maximum absolute atomic E-state index is 12.7. The first-order chi connectivity index (χ1) is 11.6. The van der Waals surface area contributed by atoms with Crippen LogP contribution >= 0.6 is 0 Å². The van der Waals surface area contributed by atoms with Crippen molar-refractivity contribution in [3.8, 4) is 16.9 Å². The predicted octanol–water partition coefficient (Wildman–Crippen LogP) is 3.54. The standard InChI is InChI=1S/C19H17NO3S/c21-18-12-6-4-10-16(18)17-11-5-7-13-19(17)24(22,23)20-14-15-8-2-1-3-9-15/h1-13,20-21H,14H2. The van der Waals surface area contributed by atoms with Crippen molar-refractivity contribution in [1.29, 1.82) is 0 Å². The molecule has 0 spiro atoms. The van der Waals surface area contributed by atoms with Crippen LogP contribution in [0.1, 0.15) is 5.56 Å². The quantitative estimate of drug-likeness (QED) is 0.747. The Bertz CT molecular complexity index is 938. The van der Waals surface area contributed by atoms with Crippen molar-refractivity contribution in [1.82, 2.24) is 4.72 Å². The molecule has 0 atom stereocenters. The van der Waals surface area contributed by atoms with E-state index in [1.807, 2.05) is 30.3 Å². The SMILES string of the molecule is O=S(=O)(NCc1ccccc1)c1ccccc1-c1ccccc1O. The van der Waals surface area contributed by atoms with E-state index in [2.05, 4.69) is 4.72 Å². The molecule has 0 saturated heterocycles. The third kappa shape index (κ3) is 3.48. The molecule has 0 aliphatic rings. The monoisotopic (exact) mass is 339 g/mol. The average molecular weight is 339 g/mol. The van der Waals surface area contributed by atoms with E-state index in [4.69, 9.17) is 0 Å². The van der Waals surface area contributed by atoms with Gasteiger partial charge >= 0.3 is 0 Å². The third-order valence-electron chi connectivity index (χ3n) is 3.68. The maximum atomic E-state index is 12.7. The second-order valence-electron chi connectivity index (χ2n) is 5.32. The summed E-state index contributed by atoms with van der Waals surface area (Å²) in [7, 11) is -3.72. The fourth-order valence-electron chi connectivity index (χ4n) is 2.48. The maximum Gasteiger partial charge on any atom is 0.241 e. The number of phenols is 1. The molecule has 0 saturated carbocycles. The van der Waals surface area contributed by atoms with Crippen LogP contribution in [0.5, 0.6) is 5.75 Å². The molecule has 3 rings (SSSR count). The lowest BCUT2D eigenvalue weighted by Gasteiger charge is -2.12. The number of hydrogen-bond acceptors (Lipinski definition) is 3. The zero-order valence-corrected chi connectivity index (χ0v) is 13.7. The zero-order valence-electron chi connectivity index (χ0n) is 12.9. The Labute approximate surface area is 141 Å². The molecule has 2 N–H and O–H groups in total. The summed E-state index contributed by atoms with van der Waals surface area (Å²) in [6.45, 7) is 0.207. The Morgan fingerprint density at radius 2 is 1.33 bits per heavy atom. The van der Waals surface area contributed by atoms with Crippen molar-refractivity contribution in [3.63, 3.8) is 0 Å². The largest absolute Gasteiger partial charge is 0.507 e. The van der Waals surface area contributed by atoms with E-state index in [0.29, 0.717) is 11.1 Å². The van der Waals surface area contributed by atoms with Gasteiger partial charge in [0.25, 0.3) is 0 Å². The second-order valence-corrected chi connectivity index (χ2v) is 7.06. The molecule has 0 radical (unpaired) electrons. The van der Waals surface area contributed by atoms with Crippen molar-refractivity contribution >= 4 is 10.0 Å². The minimum Gasteiger partial charge on any atom is -0.507 e. The summed E-state index contributed by atoms with van der Waals surface area (Å²) in [5, 5.41) is 10.0. The molecule has 0 aliphatic heterocycles. The Morgan fingerprint density at radius 3 is 2.04 bits per heavy atom. The van der Waals surface area contributed by atoms with Gasteiger partial charge in [-0.1, -0.05) is 66.7 Å². The number of hydrogen-bond donors (Lipinski definition) is 2. The van der Waals surface area contributed by atoms with Crippen LogP contribution < -0.4 is 4.72 Å². The van der Waals surface area contributed by atoms with E-state index in [1.165, 1.54) is 12.1 Å². The summed E-state index contributed by atoms with van der Waals surface area (Å²) >= 11 is 0. The van der Waals surface area contributed by atoms with Gasteiger partial charge in [-0.15, -0.1) is 0 Å². The molecular weight excluding hydrogens is 322 g/mol. The van der Waals surface area contributed by atoms with Crippen molar-refractivity contribution in [2.75, 3.05) is 0 Å². The van der Waals surface area contributed by atoms with E-state index >= 15 is 0 Å². The Hall–Kier alpha value is -2.63. The number of para-hydroxylation sites is 1. The van der Waals surface area contributed by atoms with Gasteiger partial charge in [0.15, 0.2) is 0 Å². The van der Waals surface area contributed by atoms with Crippen molar-refractivity contribution in [2.45, 2.75) is 11.4 Å². The fraction of sp³-hybridized carbons (Fsp3) is 0.0526. The highest BCUT2D eigenvalue weighted by Crippen LogP contribution is 2.33. The lowest BCUT2D eigenvalue weighted by Crippen LogP contribution is -2.23. The first kappa shape index (κ1) is 16.2. The number of nitrogens with one attached hydrogen (secondary N) is 1. The average Bonchev–Trinajstić information content (AvgIpc) is 2.61. The zero-order chi connectivity index (χ0) is 17.0. The third-order valence-corrected chi connectivity index (χ3v) is 5.14. The number of rotatable bonds is 5. The Morgan fingerprint density at radius 1 is 0.750 bits per heavy atom. The van der Waals surface area contributed by atoms with Gasteiger partial charge in [-0.25, -0.2) is 13.1 Å². The summed E-state index contributed by atoms with van der Waals surface area (Å²) in [4.78, 5) is 0.141. The summed E-state index contributed by atoms with van der Waals surface area (Å²) in [5.41, 5.74) is 1.83. The number of sulfonamides is 1. The van der Waals surface area contributed by atoms with Crippen LogP contribution in [0.3, 0.4) is 0 Å². The fourth-order valence-corrected chi connectivity index (χ4v) is 3.71. The Balaban J connectivity index is 1.96. The van der Waals surface area contributed by atoms with E-state index < -0.39 is 10.0 Å². The minimum absolute atomic E-state index is 0.0446. The van der Waals surface area contributed by atoms with Gasteiger partial charge in [-0.05, 0) is 17.7 Å². The minimum atomic E-state index is -3.72. The molecule has 0 unspecified atom stereocenters. The lowest BCUT2D eigenvalue weighted by atomic mass is 10.0. The Kier molecular flexibility index (Phi) is 4.64. The van der Waals surface area contributed by atoms with Crippen LogP contribution in [0.25, 0.3) is 11.1 Å². The van der Waals surface area contributed by atoms with Gasteiger partial charge in [0.05, 0.1) is 4.90 Å². The molecule has 122 valence electrons. The van der Waals surface area contributed by atoms with Gasteiger partial charge in [0.2, 0.25) is 10.0 Å². The van der Waals surface area contributed by atoms with Gasteiger partial charge in [0, 0.05) is 17.7 Å². The van der Waals surface area contributed by atoms with Crippen LogP contribution in [-0.2, 0) is 16.6 Å². The molecule has 4 nitrogen and oxygen atoms in total. The van der Waals surface area contributed by atoms with E-state index in [9.17, 15) is 13.5 Å². The van der Waals surface area contributed by atoms with Crippen LogP contribution in [-0.4, -0.2) is 13.5 Å². The number of phenolic OH excluding ortho intramolecular Hbond substituents is 1. The first-order valence-corrected chi connectivity index (χ1v) is 8.97. The predicted molar refractivity (Wildman–Crippen MR) is 94.0 cm³/mol. The highest BCUT2D eigenvalue weighted by Gasteiger charge is 2.20. The van der Waals surface area contributed by atoms with Crippen molar-refractivity contribution in [3.05, 3.63) is 84.4 Å². The molecule has 0 heterocycles. The van der Waals surface area contributed by atoms with Gasteiger partial charge in [0.1, 0.15) is 5.75 Å². The number of aromatic hydroxyl groups is 1. The van der Waals surface area contributed by atoms with Crippen LogP contribution in [0.2, 0.25) is 0 Å². The van der Waals surface area contributed by atoms with Crippen molar-refractivity contribution < 1.29 is 13.5 Å². The highest BCUT2D eigenvalue weighted by molar-refractivity contribution is 7.89. The summed E-state index contributed by atoms with van der Waals surface area (Å²) < 4.78 is 28.0. The molecule has 3 aromatic rings. The topological polar surface area (TPSA) is 66.4 Å². The van der Waals surface area contributed by atoms with Crippen molar-refractivity contribution in [2.24, 2.45) is 0 Å². The number of benzene rings is 3.